The smallest absolute Gasteiger partial charge is 0.123 e. The summed E-state index contributed by atoms with van der Waals surface area (Å²) >= 11 is 1.77. The Morgan fingerprint density at radius 2 is 1.94 bits per heavy atom. The van der Waals surface area contributed by atoms with Crippen molar-refractivity contribution in [2.75, 3.05) is 19.3 Å². The van der Waals surface area contributed by atoms with E-state index in [2.05, 4.69) is 35.4 Å². The van der Waals surface area contributed by atoms with Gasteiger partial charge >= 0.3 is 0 Å². The number of carbonyl (C=O) groups is 1. The summed E-state index contributed by atoms with van der Waals surface area (Å²) in [7, 11) is 0. The van der Waals surface area contributed by atoms with Crippen molar-refractivity contribution in [1.82, 2.24) is 4.90 Å². The van der Waals surface area contributed by atoms with Crippen molar-refractivity contribution in [2.45, 2.75) is 24.3 Å². The van der Waals surface area contributed by atoms with E-state index >= 15 is 0 Å². The lowest BCUT2D eigenvalue weighted by Gasteiger charge is -2.29. The Kier molecular flexibility index (Phi) is 4.63. The van der Waals surface area contributed by atoms with Gasteiger partial charge < -0.3 is 4.79 Å². The molecule has 1 aliphatic rings. The summed E-state index contributed by atoms with van der Waals surface area (Å²) in [6, 6.07) is 8.77. The molecular weight excluding hydrogens is 230 g/mol. The SMILES string of the molecule is CSc1ccc(CN2CCC(C=O)CC2)cc1. The van der Waals surface area contributed by atoms with E-state index in [0.717, 1.165) is 38.8 Å². The molecular formula is C14H19NOS. The van der Waals surface area contributed by atoms with Gasteiger partial charge in [-0.05, 0) is 49.9 Å². The minimum atomic E-state index is 0.296. The molecule has 0 bridgehead atoms. The van der Waals surface area contributed by atoms with Crippen LogP contribution < -0.4 is 0 Å². The number of piperidine rings is 1. The topological polar surface area (TPSA) is 20.3 Å². The Balaban J connectivity index is 1.86. The predicted molar refractivity (Wildman–Crippen MR) is 72.3 cm³/mol. The Bertz CT molecular complexity index is 355. The lowest BCUT2D eigenvalue weighted by atomic mass is 9.98. The Morgan fingerprint density at radius 1 is 1.29 bits per heavy atom. The summed E-state index contributed by atoms with van der Waals surface area (Å²) in [4.78, 5) is 14.4. The van der Waals surface area contributed by atoms with Crippen molar-refractivity contribution in [3.63, 3.8) is 0 Å². The number of aldehydes is 1. The second-order valence-electron chi connectivity index (χ2n) is 4.60. The summed E-state index contributed by atoms with van der Waals surface area (Å²) in [5.74, 6) is 0.296. The van der Waals surface area contributed by atoms with Crippen molar-refractivity contribution < 1.29 is 4.79 Å². The van der Waals surface area contributed by atoms with Crippen molar-refractivity contribution in [1.29, 1.82) is 0 Å². The average Bonchev–Trinajstić information content (AvgIpc) is 2.40. The van der Waals surface area contributed by atoms with Crippen molar-refractivity contribution in [3.8, 4) is 0 Å². The van der Waals surface area contributed by atoms with Crippen LogP contribution in [-0.2, 0) is 11.3 Å². The first-order chi connectivity index (χ1) is 8.31. The van der Waals surface area contributed by atoms with Crippen LogP contribution in [0.15, 0.2) is 29.2 Å². The van der Waals surface area contributed by atoms with Crippen LogP contribution in [0.2, 0.25) is 0 Å². The van der Waals surface area contributed by atoms with E-state index in [-0.39, 0.29) is 0 Å². The number of carbonyl (C=O) groups excluding carboxylic acids is 1. The highest BCUT2D eigenvalue weighted by atomic mass is 32.2. The highest BCUT2D eigenvalue weighted by molar-refractivity contribution is 7.98. The van der Waals surface area contributed by atoms with Gasteiger partial charge in [0, 0.05) is 17.4 Å². The Labute approximate surface area is 107 Å². The first-order valence-corrected chi connectivity index (χ1v) is 7.35. The standard InChI is InChI=1S/C14H19NOS/c1-17-14-4-2-12(3-5-14)10-15-8-6-13(11-16)7-9-15/h2-5,11,13H,6-10H2,1H3. The molecule has 0 radical (unpaired) electrons. The normalized spacial score (nSPS) is 18.2. The summed E-state index contributed by atoms with van der Waals surface area (Å²) in [5, 5.41) is 0. The second-order valence-corrected chi connectivity index (χ2v) is 5.48. The summed E-state index contributed by atoms with van der Waals surface area (Å²) in [6.07, 6.45) is 5.25. The zero-order valence-electron chi connectivity index (χ0n) is 10.3. The van der Waals surface area contributed by atoms with E-state index in [1.165, 1.54) is 10.5 Å². The molecule has 3 heteroatoms. The van der Waals surface area contributed by atoms with Gasteiger partial charge in [-0.15, -0.1) is 11.8 Å². The maximum absolute atomic E-state index is 10.7. The van der Waals surface area contributed by atoms with Crippen LogP contribution in [0.3, 0.4) is 0 Å². The largest absolute Gasteiger partial charge is 0.303 e. The molecule has 0 saturated carbocycles. The van der Waals surface area contributed by atoms with Gasteiger partial charge in [-0.2, -0.15) is 0 Å². The van der Waals surface area contributed by atoms with Crippen LogP contribution in [0.4, 0.5) is 0 Å². The van der Waals surface area contributed by atoms with Gasteiger partial charge in [0.15, 0.2) is 0 Å². The van der Waals surface area contributed by atoms with Crippen molar-refractivity contribution in [3.05, 3.63) is 29.8 Å². The van der Waals surface area contributed by atoms with Gasteiger partial charge in [0.1, 0.15) is 6.29 Å². The third-order valence-corrected chi connectivity index (χ3v) is 4.13. The summed E-state index contributed by atoms with van der Waals surface area (Å²) < 4.78 is 0. The number of benzene rings is 1. The molecule has 1 heterocycles. The number of nitrogens with zero attached hydrogens (tertiary/aromatic N) is 1. The minimum Gasteiger partial charge on any atom is -0.303 e. The highest BCUT2D eigenvalue weighted by Gasteiger charge is 2.18. The average molecular weight is 249 g/mol. The predicted octanol–water partition coefficient (Wildman–Crippen LogP) is 2.82. The molecule has 0 spiro atoms. The lowest BCUT2D eigenvalue weighted by Crippen LogP contribution is -2.33. The fourth-order valence-electron chi connectivity index (χ4n) is 2.24. The number of hydrogen-bond acceptors (Lipinski definition) is 3. The molecule has 0 atom stereocenters. The molecule has 0 unspecified atom stereocenters. The molecule has 1 aromatic carbocycles. The van der Waals surface area contributed by atoms with Gasteiger partial charge in [0.2, 0.25) is 0 Å². The first-order valence-electron chi connectivity index (χ1n) is 6.12. The minimum absolute atomic E-state index is 0.296. The van der Waals surface area contributed by atoms with Crippen molar-refractivity contribution in [2.24, 2.45) is 5.92 Å². The molecule has 1 saturated heterocycles. The van der Waals surface area contributed by atoms with E-state index in [4.69, 9.17) is 0 Å². The third kappa shape index (κ3) is 3.58. The molecule has 1 aromatic rings. The van der Waals surface area contributed by atoms with E-state index < -0.39 is 0 Å². The summed E-state index contributed by atoms with van der Waals surface area (Å²) in [5.41, 5.74) is 1.37. The molecule has 1 aliphatic heterocycles. The van der Waals surface area contributed by atoms with E-state index in [0.29, 0.717) is 5.92 Å². The monoisotopic (exact) mass is 249 g/mol. The van der Waals surface area contributed by atoms with Crippen LogP contribution in [-0.4, -0.2) is 30.5 Å². The van der Waals surface area contributed by atoms with E-state index in [1.807, 2.05) is 0 Å². The number of hydrogen-bond donors (Lipinski definition) is 0. The van der Waals surface area contributed by atoms with E-state index in [9.17, 15) is 4.79 Å². The number of likely N-dealkylation sites (tertiary alicyclic amines) is 1. The van der Waals surface area contributed by atoms with E-state index in [1.54, 1.807) is 11.8 Å². The van der Waals surface area contributed by atoms with Crippen LogP contribution in [0.1, 0.15) is 18.4 Å². The van der Waals surface area contributed by atoms with Gasteiger partial charge in [-0.1, -0.05) is 12.1 Å². The molecule has 2 nitrogen and oxygen atoms in total. The van der Waals surface area contributed by atoms with Crippen LogP contribution in [0, 0.1) is 5.92 Å². The third-order valence-electron chi connectivity index (χ3n) is 3.39. The fraction of sp³-hybridized carbons (Fsp3) is 0.500. The molecule has 0 amide bonds. The number of thioether (sulfide) groups is 1. The zero-order valence-corrected chi connectivity index (χ0v) is 11.1. The lowest BCUT2D eigenvalue weighted by molar-refractivity contribution is -0.112. The zero-order chi connectivity index (χ0) is 12.1. The van der Waals surface area contributed by atoms with Crippen LogP contribution in [0.5, 0.6) is 0 Å². The maximum Gasteiger partial charge on any atom is 0.123 e. The summed E-state index contributed by atoms with van der Waals surface area (Å²) in [6.45, 7) is 3.11. The van der Waals surface area contributed by atoms with Crippen molar-refractivity contribution >= 4 is 18.0 Å². The van der Waals surface area contributed by atoms with Gasteiger partial charge in [-0.25, -0.2) is 0 Å². The highest BCUT2D eigenvalue weighted by Crippen LogP contribution is 2.19. The first kappa shape index (κ1) is 12.7. The molecule has 1 fully saturated rings. The Morgan fingerprint density at radius 3 is 2.47 bits per heavy atom. The molecule has 92 valence electrons. The molecule has 2 rings (SSSR count). The fourth-order valence-corrected chi connectivity index (χ4v) is 2.64. The second kappa shape index (κ2) is 6.22. The molecule has 17 heavy (non-hydrogen) atoms. The molecule has 0 N–H and O–H groups in total. The van der Waals surface area contributed by atoms with Gasteiger partial charge in [0.25, 0.3) is 0 Å². The van der Waals surface area contributed by atoms with Gasteiger partial charge in [-0.3, -0.25) is 4.90 Å². The van der Waals surface area contributed by atoms with Gasteiger partial charge in [0.05, 0.1) is 0 Å². The molecule has 0 aromatic heterocycles. The number of rotatable bonds is 4. The maximum atomic E-state index is 10.7. The Hall–Kier alpha value is -0.800. The van der Waals surface area contributed by atoms with Crippen LogP contribution in [0.25, 0.3) is 0 Å². The quantitative estimate of drug-likeness (QED) is 0.604. The molecule has 0 aliphatic carbocycles. The van der Waals surface area contributed by atoms with Crippen LogP contribution >= 0.6 is 11.8 Å².